The van der Waals surface area contributed by atoms with Crippen LogP contribution in [0, 0.1) is 5.92 Å². The minimum atomic E-state index is -0.997. The number of aliphatic imine (C=N–C) groups is 1. The van der Waals surface area contributed by atoms with Gasteiger partial charge < -0.3 is 10.4 Å². The summed E-state index contributed by atoms with van der Waals surface area (Å²) in [6.45, 7) is 5.76. The first-order chi connectivity index (χ1) is 9.83. The predicted molar refractivity (Wildman–Crippen MR) is 78.3 cm³/mol. The second kappa shape index (κ2) is 5.63. The third kappa shape index (κ3) is 3.09. The Bertz CT molecular complexity index is 610. The van der Waals surface area contributed by atoms with Crippen molar-refractivity contribution in [2.45, 2.75) is 39.2 Å². The molecule has 112 valence electrons. The van der Waals surface area contributed by atoms with Crippen molar-refractivity contribution < 1.29 is 14.7 Å². The zero-order valence-electron chi connectivity index (χ0n) is 12.4. The van der Waals surface area contributed by atoms with E-state index < -0.39 is 11.5 Å². The average molecular weight is 289 g/mol. The number of hydrogen-bond donors (Lipinski definition) is 2. The molecule has 1 atom stereocenters. The predicted octanol–water partition coefficient (Wildman–Crippen LogP) is 1.66. The van der Waals surface area contributed by atoms with Gasteiger partial charge in [-0.3, -0.25) is 14.8 Å². The first-order valence-corrected chi connectivity index (χ1v) is 6.90. The highest BCUT2D eigenvalue weighted by atomic mass is 16.4. The SMILES string of the molecule is CC(C)C1(C)N=C(CCc2cncc(C(=O)O)c2)NC1=O. The van der Waals surface area contributed by atoms with Gasteiger partial charge in [-0.05, 0) is 30.9 Å². The molecule has 1 aliphatic rings. The van der Waals surface area contributed by atoms with E-state index in [-0.39, 0.29) is 17.4 Å². The number of aromatic nitrogens is 1. The standard InChI is InChI=1S/C15H19N3O3/c1-9(2)15(3)14(21)17-12(18-15)5-4-10-6-11(13(19)20)8-16-7-10/h6-9H,4-5H2,1-3H3,(H,19,20)(H,17,18,21). The van der Waals surface area contributed by atoms with Crippen molar-refractivity contribution in [2.75, 3.05) is 0 Å². The smallest absolute Gasteiger partial charge is 0.337 e. The monoisotopic (exact) mass is 289 g/mol. The molecule has 1 aromatic heterocycles. The van der Waals surface area contributed by atoms with Crippen LogP contribution in [0.4, 0.5) is 0 Å². The van der Waals surface area contributed by atoms with E-state index in [4.69, 9.17) is 5.11 Å². The van der Waals surface area contributed by atoms with Gasteiger partial charge in [0.15, 0.2) is 0 Å². The summed E-state index contributed by atoms with van der Waals surface area (Å²) < 4.78 is 0. The summed E-state index contributed by atoms with van der Waals surface area (Å²) in [6, 6.07) is 1.59. The summed E-state index contributed by atoms with van der Waals surface area (Å²) >= 11 is 0. The molecule has 0 bridgehead atoms. The molecular formula is C15H19N3O3. The largest absolute Gasteiger partial charge is 0.478 e. The second-order valence-electron chi connectivity index (χ2n) is 5.70. The molecule has 0 saturated heterocycles. The fraction of sp³-hybridized carbons (Fsp3) is 0.467. The minimum absolute atomic E-state index is 0.0788. The number of pyridine rings is 1. The first kappa shape index (κ1) is 15.2. The van der Waals surface area contributed by atoms with Gasteiger partial charge in [-0.2, -0.15) is 0 Å². The number of carboxylic acids is 1. The van der Waals surface area contributed by atoms with Crippen LogP contribution < -0.4 is 5.32 Å². The quantitative estimate of drug-likeness (QED) is 0.862. The van der Waals surface area contributed by atoms with Crippen LogP contribution in [0.3, 0.4) is 0 Å². The summed E-state index contributed by atoms with van der Waals surface area (Å²) in [4.78, 5) is 31.3. The lowest BCUT2D eigenvalue weighted by Crippen LogP contribution is -2.41. The first-order valence-electron chi connectivity index (χ1n) is 6.90. The van der Waals surface area contributed by atoms with E-state index in [0.717, 1.165) is 5.56 Å². The number of rotatable bonds is 5. The van der Waals surface area contributed by atoms with Crippen LogP contribution in [0.1, 0.15) is 43.1 Å². The molecule has 1 amide bonds. The second-order valence-corrected chi connectivity index (χ2v) is 5.70. The lowest BCUT2D eigenvalue weighted by atomic mass is 9.89. The summed E-state index contributed by atoms with van der Waals surface area (Å²) in [5, 5.41) is 11.7. The topological polar surface area (TPSA) is 91.7 Å². The maximum absolute atomic E-state index is 12.0. The molecule has 1 aliphatic heterocycles. The molecule has 0 aliphatic carbocycles. The Morgan fingerprint density at radius 3 is 2.67 bits per heavy atom. The maximum Gasteiger partial charge on any atom is 0.337 e. The zero-order valence-corrected chi connectivity index (χ0v) is 12.4. The lowest BCUT2D eigenvalue weighted by molar-refractivity contribution is -0.124. The number of carbonyl (C=O) groups is 2. The molecule has 6 nitrogen and oxygen atoms in total. The zero-order chi connectivity index (χ0) is 15.6. The number of nitrogens with one attached hydrogen (secondary N) is 1. The number of aromatic carboxylic acids is 1. The summed E-state index contributed by atoms with van der Waals surface area (Å²) in [5.41, 5.74) is 0.262. The molecule has 0 aromatic carbocycles. The van der Waals surface area contributed by atoms with Crippen LogP contribution in [-0.2, 0) is 11.2 Å². The summed E-state index contributed by atoms with van der Waals surface area (Å²) in [5.74, 6) is -0.308. The van der Waals surface area contributed by atoms with Crippen LogP contribution in [0.2, 0.25) is 0 Å². The fourth-order valence-electron chi connectivity index (χ4n) is 2.13. The van der Waals surface area contributed by atoms with E-state index in [9.17, 15) is 9.59 Å². The van der Waals surface area contributed by atoms with E-state index in [1.165, 1.54) is 6.20 Å². The number of nitrogens with zero attached hydrogens (tertiary/aromatic N) is 2. The Hall–Kier alpha value is -2.24. The third-order valence-electron chi connectivity index (χ3n) is 3.90. The Morgan fingerprint density at radius 1 is 1.38 bits per heavy atom. The van der Waals surface area contributed by atoms with Crippen molar-refractivity contribution in [3.8, 4) is 0 Å². The van der Waals surface area contributed by atoms with Gasteiger partial charge in [0.25, 0.3) is 5.91 Å². The van der Waals surface area contributed by atoms with Crippen molar-refractivity contribution in [3.63, 3.8) is 0 Å². The third-order valence-corrected chi connectivity index (χ3v) is 3.90. The number of carboxylic acid groups (broad SMARTS) is 1. The normalized spacial score (nSPS) is 21.3. The number of amidine groups is 1. The average Bonchev–Trinajstić information content (AvgIpc) is 2.73. The van der Waals surface area contributed by atoms with Crippen molar-refractivity contribution in [1.82, 2.24) is 10.3 Å². The summed E-state index contributed by atoms with van der Waals surface area (Å²) in [7, 11) is 0. The Morgan fingerprint density at radius 2 is 2.10 bits per heavy atom. The Labute approximate surface area is 123 Å². The van der Waals surface area contributed by atoms with Crippen molar-refractivity contribution >= 4 is 17.7 Å². The fourth-order valence-corrected chi connectivity index (χ4v) is 2.13. The van der Waals surface area contributed by atoms with Gasteiger partial charge in [0.05, 0.1) is 5.56 Å². The molecule has 0 saturated carbocycles. The number of aryl methyl sites for hydroxylation is 1. The van der Waals surface area contributed by atoms with Crippen LogP contribution >= 0.6 is 0 Å². The highest BCUT2D eigenvalue weighted by molar-refractivity contribution is 6.08. The van der Waals surface area contributed by atoms with Gasteiger partial charge >= 0.3 is 5.97 Å². The van der Waals surface area contributed by atoms with Crippen LogP contribution in [0.5, 0.6) is 0 Å². The number of carbonyl (C=O) groups excluding carboxylic acids is 1. The molecule has 0 radical (unpaired) electrons. The van der Waals surface area contributed by atoms with Gasteiger partial charge in [-0.25, -0.2) is 4.79 Å². The lowest BCUT2D eigenvalue weighted by Gasteiger charge is -2.21. The van der Waals surface area contributed by atoms with Crippen LogP contribution in [0.25, 0.3) is 0 Å². The number of hydrogen-bond acceptors (Lipinski definition) is 4. The number of amides is 1. The van der Waals surface area contributed by atoms with Gasteiger partial charge in [-0.1, -0.05) is 13.8 Å². The van der Waals surface area contributed by atoms with Gasteiger partial charge in [-0.15, -0.1) is 0 Å². The molecule has 2 N–H and O–H groups in total. The molecule has 2 rings (SSSR count). The molecule has 1 unspecified atom stereocenters. The molecule has 1 aromatic rings. The molecule has 0 spiro atoms. The van der Waals surface area contributed by atoms with Gasteiger partial charge in [0.1, 0.15) is 11.4 Å². The van der Waals surface area contributed by atoms with E-state index in [0.29, 0.717) is 18.7 Å². The van der Waals surface area contributed by atoms with E-state index in [2.05, 4.69) is 15.3 Å². The molecular weight excluding hydrogens is 270 g/mol. The van der Waals surface area contributed by atoms with Crippen LogP contribution in [-0.4, -0.2) is 33.3 Å². The van der Waals surface area contributed by atoms with E-state index in [1.54, 1.807) is 12.3 Å². The highest BCUT2D eigenvalue weighted by Gasteiger charge is 2.41. The van der Waals surface area contributed by atoms with Gasteiger partial charge in [0.2, 0.25) is 0 Å². The van der Waals surface area contributed by atoms with E-state index in [1.807, 2.05) is 20.8 Å². The maximum atomic E-state index is 12.0. The Kier molecular flexibility index (Phi) is 4.06. The minimum Gasteiger partial charge on any atom is -0.478 e. The molecule has 21 heavy (non-hydrogen) atoms. The van der Waals surface area contributed by atoms with Crippen molar-refractivity contribution in [2.24, 2.45) is 10.9 Å². The highest BCUT2D eigenvalue weighted by Crippen LogP contribution is 2.26. The van der Waals surface area contributed by atoms with E-state index >= 15 is 0 Å². The molecule has 6 heteroatoms. The van der Waals surface area contributed by atoms with Crippen molar-refractivity contribution in [3.05, 3.63) is 29.6 Å². The molecule has 0 fully saturated rings. The van der Waals surface area contributed by atoms with Gasteiger partial charge in [0, 0.05) is 18.8 Å². The van der Waals surface area contributed by atoms with Crippen molar-refractivity contribution in [1.29, 1.82) is 0 Å². The molecule has 2 heterocycles. The summed E-state index contributed by atoms with van der Waals surface area (Å²) in [6.07, 6.45) is 4.09. The Balaban J connectivity index is 2.06. The van der Waals surface area contributed by atoms with Crippen LogP contribution in [0.15, 0.2) is 23.5 Å².